The second-order valence-corrected chi connectivity index (χ2v) is 4.89. The zero-order valence-electron chi connectivity index (χ0n) is 13.1. The normalized spacial score (nSPS) is 10.3. The Hall–Kier alpha value is -2.56. The number of hydrogen-bond acceptors (Lipinski definition) is 4. The van der Waals surface area contributed by atoms with E-state index in [0.717, 1.165) is 22.5 Å². The van der Waals surface area contributed by atoms with Crippen LogP contribution >= 0.6 is 0 Å². The standard InChI is InChI=1S/C17H20N2O3/c1-5-21-15(20)11-22-17-16(12(2)3)13(4)18-19(17)14-9-7-6-8-10-14/h6-10H,2,5,11H2,1,3-4H3. The van der Waals surface area contributed by atoms with Gasteiger partial charge in [-0.05, 0) is 38.5 Å². The van der Waals surface area contributed by atoms with Crippen molar-refractivity contribution in [2.24, 2.45) is 0 Å². The number of carbonyl (C=O) groups excluding carboxylic acids is 1. The van der Waals surface area contributed by atoms with Crippen LogP contribution in [0.15, 0.2) is 36.9 Å². The Bertz CT molecular complexity index is 675. The fraction of sp³-hybridized carbons (Fsp3) is 0.294. The zero-order chi connectivity index (χ0) is 16.1. The Kier molecular flexibility index (Phi) is 4.99. The van der Waals surface area contributed by atoms with Crippen molar-refractivity contribution in [3.8, 4) is 11.6 Å². The number of carbonyl (C=O) groups is 1. The van der Waals surface area contributed by atoms with Gasteiger partial charge >= 0.3 is 5.97 Å². The van der Waals surface area contributed by atoms with Crippen LogP contribution in [0.1, 0.15) is 25.1 Å². The number of allylic oxidation sites excluding steroid dienone is 1. The molecular weight excluding hydrogens is 280 g/mol. The van der Waals surface area contributed by atoms with E-state index < -0.39 is 5.97 Å². The lowest BCUT2D eigenvalue weighted by Crippen LogP contribution is -2.16. The second-order valence-electron chi connectivity index (χ2n) is 4.89. The van der Waals surface area contributed by atoms with Crippen molar-refractivity contribution >= 4 is 11.5 Å². The first-order chi connectivity index (χ1) is 10.5. The van der Waals surface area contributed by atoms with E-state index in [1.165, 1.54) is 0 Å². The van der Waals surface area contributed by atoms with Crippen LogP contribution in [0.25, 0.3) is 11.3 Å². The van der Waals surface area contributed by atoms with Gasteiger partial charge in [0.2, 0.25) is 5.88 Å². The number of rotatable bonds is 6. The molecule has 0 fully saturated rings. The van der Waals surface area contributed by atoms with Crippen molar-refractivity contribution in [1.82, 2.24) is 9.78 Å². The van der Waals surface area contributed by atoms with Crippen molar-refractivity contribution < 1.29 is 14.3 Å². The molecule has 1 aromatic carbocycles. The number of esters is 1. The van der Waals surface area contributed by atoms with Crippen LogP contribution in [0, 0.1) is 6.92 Å². The van der Waals surface area contributed by atoms with Gasteiger partial charge in [-0.15, -0.1) is 0 Å². The smallest absolute Gasteiger partial charge is 0.344 e. The summed E-state index contributed by atoms with van der Waals surface area (Å²) < 4.78 is 12.3. The van der Waals surface area contributed by atoms with Gasteiger partial charge in [-0.25, -0.2) is 9.48 Å². The van der Waals surface area contributed by atoms with Gasteiger partial charge in [-0.2, -0.15) is 5.10 Å². The predicted octanol–water partition coefficient (Wildman–Crippen LogP) is 3.16. The van der Waals surface area contributed by atoms with E-state index in [2.05, 4.69) is 11.7 Å². The van der Waals surface area contributed by atoms with Crippen molar-refractivity contribution in [3.63, 3.8) is 0 Å². The van der Waals surface area contributed by atoms with E-state index in [-0.39, 0.29) is 6.61 Å². The third kappa shape index (κ3) is 3.36. The molecule has 0 spiro atoms. The van der Waals surface area contributed by atoms with Crippen LogP contribution in [0.3, 0.4) is 0 Å². The van der Waals surface area contributed by atoms with Crippen molar-refractivity contribution in [2.45, 2.75) is 20.8 Å². The molecule has 0 aliphatic heterocycles. The van der Waals surface area contributed by atoms with Gasteiger partial charge in [0.25, 0.3) is 0 Å². The summed E-state index contributed by atoms with van der Waals surface area (Å²) in [4.78, 5) is 11.6. The van der Waals surface area contributed by atoms with Gasteiger partial charge in [0.15, 0.2) is 6.61 Å². The zero-order valence-corrected chi connectivity index (χ0v) is 13.1. The second kappa shape index (κ2) is 6.93. The van der Waals surface area contributed by atoms with Gasteiger partial charge in [0, 0.05) is 0 Å². The summed E-state index contributed by atoms with van der Waals surface area (Å²) in [6.07, 6.45) is 0. The van der Waals surface area contributed by atoms with Gasteiger partial charge in [-0.3, -0.25) is 0 Å². The minimum atomic E-state index is -0.409. The highest BCUT2D eigenvalue weighted by Gasteiger charge is 2.19. The van der Waals surface area contributed by atoms with E-state index in [0.29, 0.717) is 12.5 Å². The summed E-state index contributed by atoms with van der Waals surface area (Å²) >= 11 is 0. The summed E-state index contributed by atoms with van der Waals surface area (Å²) in [6.45, 7) is 9.67. The average Bonchev–Trinajstić information content (AvgIpc) is 2.83. The van der Waals surface area contributed by atoms with Crippen molar-refractivity contribution in [1.29, 1.82) is 0 Å². The molecule has 5 heteroatoms. The number of aryl methyl sites for hydroxylation is 1. The lowest BCUT2D eigenvalue weighted by atomic mass is 10.1. The molecule has 22 heavy (non-hydrogen) atoms. The van der Waals surface area contributed by atoms with Crippen LogP contribution in [0.2, 0.25) is 0 Å². The largest absolute Gasteiger partial charge is 0.465 e. The molecule has 0 unspecified atom stereocenters. The molecule has 0 saturated carbocycles. The minimum absolute atomic E-state index is 0.161. The predicted molar refractivity (Wildman–Crippen MR) is 85.1 cm³/mol. The molecule has 0 aliphatic carbocycles. The lowest BCUT2D eigenvalue weighted by Gasteiger charge is -2.11. The van der Waals surface area contributed by atoms with Crippen LogP contribution in [0.5, 0.6) is 5.88 Å². The highest BCUT2D eigenvalue weighted by molar-refractivity contribution is 5.72. The maximum Gasteiger partial charge on any atom is 0.344 e. The summed E-state index contributed by atoms with van der Waals surface area (Å²) in [5.74, 6) is 0.0953. The molecule has 0 saturated heterocycles. The molecule has 5 nitrogen and oxygen atoms in total. The maximum absolute atomic E-state index is 11.6. The van der Waals surface area contributed by atoms with Crippen LogP contribution in [-0.2, 0) is 9.53 Å². The monoisotopic (exact) mass is 300 g/mol. The first kappa shape index (κ1) is 15.8. The van der Waals surface area contributed by atoms with E-state index in [1.807, 2.05) is 44.2 Å². The Labute approximate surface area is 130 Å². The first-order valence-electron chi connectivity index (χ1n) is 7.14. The minimum Gasteiger partial charge on any atom is -0.465 e. The highest BCUT2D eigenvalue weighted by atomic mass is 16.6. The Balaban J connectivity index is 2.40. The molecule has 1 heterocycles. The summed E-state index contributed by atoms with van der Waals surface area (Å²) in [5.41, 5.74) is 3.30. The van der Waals surface area contributed by atoms with Crippen LogP contribution in [0.4, 0.5) is 0 Å². The molecule has 2 aromatic rings. The molecule has 0 radical (unpaired) electrons. The molecule has 0 aliphatic rings. The van der Waals surface area contributed by atoms with Gasteiger partial charge in [0.05, 0.1) is 23.6 Å². The average molecular weight is 300 g/mol. The van der Waals surface area contributed by atoms with Crippen molar-refractivity contribution in [3.05, 3.63) is 48.2 Å². The fourth-order valence-corrected chi connectivity index (χ4v) is 2.20. The van der Waals surface area contributed by atoms with E-state index in [1.54, 1.807) is 11.6 Å². The topological polar surface area (TPSA) is 53.4 Å². The van der Waals surface area contributed by atoms with Gasteiger partial charge in [-0.1, -0.05) is 24.8 Å². The van der Waals surface area contributed by atoms with E-state index >= 15 is 0 Å². The summed E-state index contributed by atoms with van der Waals surface area (Å²) in [6, 6.07) is 9.61. The SMILES string of the molecule is C=C(C)c1c(C)nn(-c2ccccc2)c1OCC(=O)OCC. The summed E-state index contributed by atoms with van der Waals surface area (Å²) in [7, 11) is 0. The lowest BCUT2D eigenvalue weighted by molar-refractivity contribution is -0.145. The number of benzene rings is 1. The molecule has 2 rings (SSSR count). The van der Waals surface area contributed by atoms with Crippen LogP contribution < -0.4 is 4.74 Å². The highest BCUT2D eigenvalue weighted by Crippen LogP contribution is 2.30. The van der Waals surface area contributed by atoms with Gasteiger partial charge in [0.1, 0.15) is 0 Å². The molecule has 116 valence electrons. The Morgan fingerprint density at radius 1 is 1.32 bits per heavy atom. The third-order valence-corrected chi connectivity index (χ3v) is 3.08. The first-order valence-corrected chi connectivity index (χ1v) is 7.14. The Morgan fingerprint density at radius 2 is 2.00 bits per heavy atom. The Morgan fingerprint density at radius 3 is 2.59 bits per heavy atom. The molecule has 0 bridgehead atoms. The number of aromatic nitrogens is 2. The molecule has 1 aromatic heterocycles. The number of ether oxygens (including phenoxy) is 2. The molecular formula is C17H20N2O3. The maximum atomic E-state index is 11.6. The molecule has 0 amide bonds. The molecule has 0 atom stereocenters. The third-order valence-electron chi connectivity index (χ3n) is 3.08. The van der Waals surface area contributed by atoms with E-state index in [4.69, 9.17) is 9.47 Å². The number of hydrogen-bond donors (Lipinski definition) is 0. The van der Waals surface area contributed by atoms with Crippen LogP contribution in [-0.4, -0.2) is 29.0 Å². The molecule has 0 N–H and O–H groups in total. The number of nitrogens with zero attached hydrogens (tertiary/aromatic N) is 2. The van der Waals surface area contributed by atoms with Gasteiger partial charge < -0.3 is 9.47 Å². The summed E-state index contributed by atoms with van der Waals surface area (Å²) in [5, 5.41) is 4.50. The number of para-hydroxylation sites is 1. The quantitative estimate of drug-likeness (QED) is 0.769. The van der Waals surface area contributed by atoms with Crippen molar-refractivity contribution in [2.75, 3.05) is 13.2 Å². The van der Waals surface area contributed by atoms with E-state index in [9.17, 15) is 4.79 Å². The fourth-order valence-electron chi connectivity index (χ4n) is 2.20.